The van der Waals surface area contributed by atoms with Crippen LogP contribution >= 0.6 is 0 Å². The van der Waals surface area contributed by atoms with Crippen LogP contribution in [0.2, 0.25) is 0 Å². The molecule has 0 aliphatic heterocycles. The lowest BCUT2D eigenvalue weighted by molar-refractivity contribution is 0.358. The van der Waals surface area contributed by atoms with Gasteiger partial charge in [0.1, 0.15) is 11.7 Å². The topological polar surface area (TPSA) is 59.2 Å². The zero-order chi connectivity index (χ0) is 28.9. The van der Waals surface area contributed by atoms with E-state index in [1.54, 1.807) is 0 Å². The number of rotatable bonds is 11. The molecule has 0 spiro atoms. The van der Waals surface area contributed by atoms with Crippen LogP contribution in [0, 0.1) is 0 Å². The van der Waals surface area contributed by atoms with Crippen molar-refractivity contribution in [3.8, 4) is 11.3 Å². The smallest absolute Gasteiger partial charge is 0.142 e. The average Bonchev–Trinajstić information content (AvgIpc) is 3.63. The van der Waals surface area contributed by atoms with Crippen LogP contribution in [0.1, 0.15) is 120 Å². The molecule has 0 radical (unpaired) electrons. The van der Waals surface area contributed by atoms with Crippen molar-refractivity contribution in [3.05, 3.63) is 58.9 Å². The molecule has 0 bridgehead atoms. The summed E-state index contributed by atoms with van der Waals surface area (Å²) in [5, 5.41) is 11.6. The summed E-state index contributed by atoms with van der Waals surface area (Å²) in [7, 11) is 4.04. The number of aromatic nitrogens is 3. The first-order valence-electron chi connectivity index (χ1n) is 15.9. The van der Waals surface area contributed by atoms with E-state index in [1.807, 2.05) is 25.0 Å². The standard InChI is InChI=1S/C35H50N6/c1-7-26(17-18-36-5)28-15-16-33(32(20-28)27-13-14-27)38-25(4)39-35-29(19-24(2)3)21-34(30-22-37-40(6)23-30)41(35)31-11-9-8-10-12-31/h15-16,19-23,26-27,31,36H,7-14,17-18H2,1-6H3,(H,38,39). The molecule has 1 atom stereocenters. The Balaban J connectivity index is 1.53. The summed E-state index contributed by atoms with van der Waals surface area (Å²) in [6.45, 7) is 9.83. The van der Waals surface area contributed by atoms with E-state index >= 15 is 0 Å². The largest absolute Gasteiger partial charge is 0.344 e. The van der Waals surface area contributed by atoms with Gasteiger partial charge in [0.25, 0.3) is 0 Å². The van der Waals surface area contributed by atoms with Crippen molar-refractivity contribution in [2.75, 3.05) is 18.9 Å². The highest BCUT2D eigenvalue weighted by Gasteiger charge is 2.28. The van der Waals surface area contributed by atoms with E-state index in [0.29, 0.717) is 17.9 Å². The number of nitrogens with zero attached hydrogens (tertiary/aromatic N) is 4. The molecule has 2 saturated carbocycles. The zero-order valence-corrected chi connectivity index (χ0v) is 26.1. The van der Waals surface area contributed by atoms with Gasteiger partial charge < -0.3 is 15.2 Å². The van der Waals surface area contributed by atoms with Gasteiger partial charge in [0.15, 0.2) is 0 Å². The van der Waals surface area contributed by atoms with E-state index in [-0.39, 0.29) is 0 Å². The molecule has 2 aliphatic rings. The molecule has 5 rings (SSSR count). The normalized spacial score (nSPS) is 17.1. The third kappa shape index (κ3) is 7.03. The van der Waals surface area contributed by atoms with E-state index < -0.39 is 0 Å². The summed E-state index contributed by atoms with van der Waals surface area (Å²) in [6, 6.07) is 9.91. The zero-order valence-electron chi connectivity index (χ0n) is 26.1. The predicted octanol–water partition coefficient (Wildman–Crippen LogP) is 8.96. The minimum atomic E-state index is 0.453. The Labute approximate surface area is 247 Å². The third-order valence-corrected chi connectivity index (χ3v) is 8.81. The fourth-order valence-electron chi connectivity index (χ4n) is 6.54. The molecule has 2 aromatic heterocycles. The first kappa shape index (κ1) is 29.4. The number of hydrogen-bond acceptors (Lipinski definition) is 3. The van der Waals surface area contributed by atoms with E-state index in [9.17, 15) is 0 Å². The van der Waals surface area contributed by atoms with E-state index in [4.69, 9.17) is 4.99 Å². The van der Waals surface area contributed by atoms with Crippen LogP contribution in [0.25, 0.3) is 17.3 Å². The van der Waals surface area contributed by atoms with Gasteiger partial charge in [-0.1, -0.05) is 50.0 Å². The first-order chi connectivity index (χ1) is 19.9. The fourth-order valence-corrected chi connectivity index (χ4v) is 6.54. The molecule has 2 aliphatic carbocycles. The number of nitrogens with one attached hydrogen (secondary N) is 2. The van der Waals surface area contributed by atoms with E-state index in [1.165, 1.54) is 91.4 Å². The van der Waals surface area contributed by atoms with Crippen molar-refractivity contribution in [2.45, 2.75) is 103 Å². The van der Waals surface area contributed by atoms with Gasteiger partial charge in [0, 0.05) is 36.1 Å². The first-order valence-corrected chi connectivity index (χ1v) is 15.9. The quantitative estimate of drug-likeness (QED) is 0.184. The Bertz CT molecular complexity index is 1380. The molecule has 1 aromatic carbocycles. The number of anilines is 1. The minimum absolute atomic E-state index is 0.453. The Kier molecular flexibility index (Phi) is 9.49. The van der Waals surface area contributed by atoms with Crippen LogP contribution in [0.3, 0.4) is 0 Å². The molecule has 220 valence electrons. The summed E-state index contributed by atoms with van der Waals surface area (Å²) >= 11 is 0. The number of amidine groups is 1. The molecule has 2 heterocycles. The highest BCUT2D eigenvalue weighted by atomic mass is 15.2. The van der Waals surface area contributed by atoms with Crippen molar-refractivity contribution in [2.24, 2.45) is 12.0 Å². The predicted molar refractivity (Wildman–Crippen MR) is 174 cm³/mol. The maximum Gasteiger partial charge on any atom is 0.142 e. The molecule has 0 saturated heterocycles. The molecule has 3 aromatic rings. The van der Waals surface area contributed by atoms with Crippen LogP contribution in [0.4, 0.5) is 11.5 Å². The molecule has 41 heavy (non-hydrogen) atoms. The minimum Gasteiger partial charge on any atom is -0.344 e. The lowest BCUT2D eigenvalue weighted by Gasteiger charge is -2.27. The van der Waals surface area contributed by atoms with Crippen molar-refractivity contribution >= 4 is 23.4 Å². The number of hydrogen-bond donors (Lipinski definition) is 2. The van der Waals surface area contributed by atoms with Gasteiger partial charge in [-0.2, -0.15) is 5.10 Å². The fraction of sp³-hybridized carbons (Fsp3) is 0.543. The number of aliphatic imine (C=N–C) groups is 1. The molecular weight excluding hydrogens is 504 g/mol. The van der Waals surface area contributed by atoms with Gasteiger partial charge in [0.2, 0.25) is 0 Å². The average molecular weight is 555 g/mol. The summed E-state index contributed by atoms with van der Waals surface area (Å²) < 4.78 is 4.42. The molecule has 2 N–H and O–H groups in total. The van der Waals surface area contributed by atoms with Gasteiger partial charge >= 0.3 is 0 Å². The lowest BCUT2D eigenvalue weighted by atomic mass is 9.90. The molecular formula is C35H50N6. The van der Waals surface area contributed by atoms with Gasteiger partial charge in [-0.15, -0.1) is 0 Å². The molecule has 6 heteroatoms. The summed E-state index contributed by atoms with van der Waals surface area (Å²) in [6.07, 6.45) is 17.6. The monoisotopic (exact) mass is 554 g/mol. The van der Waals surface area contributed by atoms with E-state index in [0.717, 1.165) is 23.8 Å². The van der Waals surface area contributed by atoms with Crippen LogP contribution in [-0.2, 0) is 7.05 Å². The third-order valence-electron chi connectivity index (χ3n) is 8.81. The van der Waals surface area contributed by atoms with Gasteiger partial charge in [-0.3, -0.25) is 4.68 Å². The Hall–Kier alpha value is -3.12. The van der Waals surface area contributed by atoms with Crippen LogP contribution in [-0.4, -0.2) is 33.8 Å². The summed E-state index contributed by atoms with van der Waals surface area (Å²) in [5.74, 6) is 3.26. The Morgan fingerprint density at radius 3 is 2.51 bits per heavy atom. The maximum atomic E-state index is 5.36. The van der Waals surface area contributed by atoms with E-state index in [2.05, 4.69) is 84.5 Å². The van der Waals surface area contributed by atoms with Gasteiger partial charge in [0.05, 0.1) is 11.9 Å². The molecule has 0 amide bonds. The van der Waals surface area contributed by atoms with Gasteiger partial charge in [-0.25, -0.2) is 4.99 Å². The van der Waals surface area contributed by atoms with Crippen LogP contribution in [0.5, 0.6) is 0 Å². The van der Waals surface area contributed by atoms with Gasteiger partial charge in [-0.05, 0) is 108 Å². The van der Waals surface area contributed by atoms with Crippen molar-refractivity contribution in [3.63, 3.8) is 0 Å². The van der Waals surface area contributed by atoms with Crippen molar-refractivity contribution < 1.29 is 0 Å². The van der Waals surface area contributed by atoms with Crippen molar-refractivity contribution in [1.82, 2.24) is 19.7 Å². The second-order valence-electron chi connectivity index (χ2n) is 12.5. The van der Waals surface area contributed by atoms with Crippen LogP contribution < -0.4 is 10.6 Å². The second kappa shape index (κ2) is 13.2. The number of allylic oxidation sites excluding steroid dienone is 1. The number of benzene rings is 1. The summed E-state index contributed by atoms with van der Waals surface area (Å²) in [5.41, 5.74) is 8.99. The highest BCUT2D eigenvalue weighted by molar-refractivity contribution is 5.96. The van der Waals surface area contributed by atoms with Crippen molar-refractivity contribution in [1.29, 1.82) is 0 Å². The molecule has 6 nitrogen and oxygen atoms in total. The maximum absolute atomic E-state index is 5.36. The Morgan fingerprint density at radius 1 is 1.10 bits per heavy atom. The Morgan fingerprint density at radius 2 is 1.88 bits per heavy atom. The SMILES string of the molecule is CCC(CCNC)c1ccc(N/C(C)=N/c2c(C=C(C)C)cc(-c3cnn(C)c3)n2C2CCCCC2)c(C2CC2)c1. The summed E-state index contributed by atoms with van der Waals surface area (Å²) in [4.78, 5) is 5.36. The van der Waals surface area contributed by atoms with Crippen LogP contribution in [0.15, 0.2) is 47.2 Å². The number of aryl methyl sites for hydroxylation is 1. The second-order valence-corrected chi connectivity index (χ2v) is 12.5. The molecule has 1 unspecified atom stereocenters. The molecule has 2 fully saturated rings. The lowest BCUT2D eigenvalue weighted by Crippen LogP contribution is -2.15. The highest BCUT2D eigenvalue weighted by Crippen LogP contribution is 2.45.